The van der Waals surface area contributed by atoms with Crippen LogP contribution < -0.4 is 15.8 Å². The van der Waals surface area contributed by atoms with Gasteiger partial charge >= 0.3 is 0 Å². The lowest BCUT2D eigenvalue weighted by molar-refractivity contribution is 0.0398. The number of ether oxygens (including phenoxy) is 2. The topological polar surface area (TPSA) is 59.8 Å². The normalized spacial score (nSPS) is 15.8. The van der Waals surface area contributed by atoms with Crippen molar-refractivity contribution in [1.29, 1.82) is 0 Å². The standard InChI is InChI=1S/C14H21N3O2S/c1-18-11-2-3-12(14(15)20)13(10-11)16-4-5-17-6-8-19-9-7-17/h2-3,10,16H,4-9H2,1H3,(H2,15,20). The van der Waals surface area contributed by atoms with Gasteiger partial charge in [-0.3, -0.25) is 4.90 Å². The maximum atomic E-state index is 5.74. The summed E-state index contributed by atoms with van der Waals surface area (Å²) in [7, 11) is 1.65. The zero-order chi connectivity index (χ0) is 14.4. The third-order valence-corrected chi connectivity index (χ3v) is 3.56. The predicted octanol–water partition coefficient (Wildman–Crippen LogP) is 1.07. The van der Waals surface area contributed by atoms with E-state index < -0.39 is 0 Å². The fraction of sp³-hybridized carbons (Fsp3) is 0.500. The second-order valence-corrected chi connectivity index (χ2v) is 5.10. The Kier molecular flexibility index (Phi) is 5.58. The maximum absolute atomic E-state index is 5.74. The van der Waals surface area contributed by atoms with Crippen molar-refractivity contribution in [2.75, 3.05) is 51.8 Å². The van der Waals surface area contributed by atoms with E-state index in [1.807, 2.05) is 18.2 Å². The van der Waals surface area contributed by atoms with Crippen molar-refractivity contribution in [2.45, 2.75) is 0 Å². The van der Waals surface area contributed by atoms with Crippen LogP contribution in [0.2, 0.25) is 0 Å². The molecule has 1 aromatic rings. The van der Waals surface area contributed by atoms with Crippen molar-refractivity contribution in [1.82, 2.24) is 4.90 Å². The first kappa shape index (κ1) is 15.0. The monoisotopic (exact) mass is 295 g/mol. The molecule has 20 heavy (non-hydrogen) atoms. The third kappa shape index (κ3) is 4.06. The minimum atomic E-state index is 0.390. The zero-order valence-electron chi connectivity index (χ0n) is 11.7. The van der Waals surface area contributed by atoms with Crippen LogP contribution in [0.3, 0.4) is 0 Å². The molecule has 1 saturated heterocycles. The Hall–Kier alpha value is -1.37. The minimum absolute atomic E-state index is 0.390. The average molecular weight is 295 g/mol. The molecule has 1 aliphatic heterocycles. The van der Waals surface area contributed by atoms with Gasteiger partial charge in [-0.15, -0.1) is 0 Å². The number of benzene rings is 1. The molecule has 0 atom stereocenters. The molecule has 110 valence electrons. The van der Waals surface area contributed by atoms with Crippen molar-refractivity contribution in [3.05, 3.63) is 23.8 Å². The van der Waals surface area contributed by atoms with E-state index in [1.165, 1.54) is 0 Å². The number of nitrogens with two attached hydrogens (primary N) is 1. The molecule has 1 fully saturated rings. The predicted molar refractivity (Wildman–Crippen MR) is 84.6 cm³/mol. The van der Waals surface area contributed by atoms with E-state index in [0.717, 1.165) is 56.4 Å². The van der Waals surface area contributed by atoms with E-state index in [2.05, 4.69) is 10.2 Å². The second kappa shape index (κ2) is 7.42. The van der Waals surface area contributed by atoms with E-state index in [-0.39, 0.29) is 0 Å². The molecule has 0 aromatic heterocycles. The molecule has 1 aliphatic rings. The number of nitrogens with zero attached hydrogens (tertiary/aromatic N) is 1. The van der Waals surface area contributed by atoms with Crippen LogP contribution in [0, 0.1) is 0 Å². The second-order valence-electron chi connectivity index (χ2n) is 4.66. The van der Waals surface area contributed by atoms with Crippen LogP contribution in [0.5, 0.6) is 5.75 Å². The molecule has 5 nitrogen and oxygen atoms in total. The van der Waals surface area contributed by atoms with Crippen molar-refractivity contribution < 1.29 is 9.47 Å². The molecule has 1 heterocycles. The summed E-state index contributed by atoms with van der Waals surface area (Å²) in [5.41, 5.74) is 7.52. The van der Waals surface area contributed by atoms with Crippen LogP contribution >= 0.6 is 12.2 Å². The average Bonchev–Trinajstić information content (AvgIpc) is 2.48. The van der Waals surface area contributed by atoms with Crippen molar-refractivity contribution in [2.24, 2.45) is 5.73 Å². The summed E-state index contributed by atoms with van der Waals surface area (Å²) in [6.45, 7) is 5.42. The Morgan fingerprint density at radius 1 is 1.45 bits per heavy atom. The molecule has 0 radical (unpaired) electrons. The highest BCUT2D eigenvalue weighted by atomic mass is 32.1. The SMILES string of the molecule is COc1ccc(C(N)=S)c(NCCN2CCOCC2)c1. The molecule has 1 aromatic carbocycles. The van der Waals surface area contributed by atoms with Crippen molar-refractivity contribution in [3.63, 3.8) is 0 Å². The summed E-state index contributed by atoms with van der Waals surface area (Å²) in [4.78, 5) is 2.76. The lowest BCUT2D eigenvalue weighted by atomic mass is 10.1. The Balaban J connectivity index is 1.94. The van der Waals surface area contributed by atoms with Gasteiger partial charge in [0, 0.05) is 43.5 Å². The fourth-order valence-corrected chi connectivity index (χ4v) is 2.36. The number of hydrogen-bond donors (Lipinski definition) is 2. The lowest BCUT2D eigenvalue weighted by Gasteiger charge is -2.26. The molecule has 0 bridgehead atoms. The quantitative estimate of drug-likeness (QED) is 0.766. The molecule has 6 heteroatoms. The third-order valence-electron chi connectivity index (χ3n) is 3.34. The molecule has 2 rings (SSSR count). The molecule has 0 aliphatic carbocycles. The van der Waals surface area contributed by atoms with Crippen LogP contribution in [0.15, 0.2) is 18.2 Å². The van der Waals surface area contributed by atoms with Crippen LogP contribution in [0.1, 0.15) is 5.56 Å². The smallest absolute Gasteiger partial charge is 0.120 e. The van der Waals surface area contributed by atoms with Crippen LogP contribution in [-0.4, -0.2) is 56.4 Å². The summed E-state index contributed by atoms with van der Waals surface area (Å²) in [6, 6.07) is 5.67. The van der Waals surface area contributed by atoms with Crippen molar-refractivity contribution in [3.8, 4) is 5.75 Å². The van der Waals surface area contributed by atoms with Gasteiger partial charge in [0.15, 0.2) is 0 Å². The van der Waals surface area contributed by atoms with E-state index in [4.69, 9.17) is 27.4 Å². The van der Waals surface area contributed by atoms with Gasteiger partial charge in [0.25, 0.3) is 0 Å². The van der Waals surface area contributed by atoms with Gasteiger partial charge in [0.2, 0.25) is 0 Å². The van der Waals surface area contributed by atoms with Gasteiger partial charge < -0.3 is 20.5 Å². The Labute approximate surface area is 125 Å². The molecule has 0 amide bonds. The molecular weight excluding hydrogens is 274 g/mol. The van der Waals surface area contributed by atoms with Crippen molar-refractivity contribution >= 4 is 22.9 Å². The van der Waals surface area contributed by atoms with Crippen LogP contribution in [-0.2, 0) is 4.74 Å². The van der Waals surface area contributed by atoms with Gasteiger partial charge in [-0.05, 0) is 12.1 Å². The Morgan fingerprint density at radius 3 is 2.85 bits per heavy atom. The van der Waals surface area contributed by atoms with Crippen LogP contribution in [0.25, 0.3) is 0 Å². The highest BCUT2D eigenvalue weighted by molar-refractivity contribution is 7.80. The first-order valence-electron chi connectivity index (χ1n) is 6.72. The summed E-state index contributed by atoms with van der Waals surface area (Å²) in [5, 5.41) is 3.39. The summed E-state index contributed by atoms with van der Waals surface area (Å²) in [5.74, 6) is 0.791. The summed E-state index contributed by atoms with van der Waals surface area (Å²) >= 11 is 5.07. The fourth-order valence-electron chi connectivity index (χ4n) is 2.18. The largest absolute Gasteiger partial charge is 0.497 e. The van der Waals surface area contributed by atoms with Gasteiger partial charge in [-0.1, -0.05) is 12.2 Å². The van der Waals surface area contributed by atoms with Gasteiger partial charge in [-0.25, -0.2) is 0 Å². The molecular formula is C14H21N3O2S. The lowest BCUT2D eigenvalue weighted by Crippen LogP contribution is -2.39. The summed E-state index contributed by atoms with van der Waals surface area (Å²) < 4.78 is 10.6. The first-order chi connectivity index (χ1) is 9.70. The minimum Gasteiger partial charge on any atom is -0.497 e. The number of morpholine rings is 1. The number of hydrogen-bond acceptors (Lipinski definition) is 5. The van der Waals surface area contributed by atoms with Crippen LogP contribution in [0.4, 0.5) is 5.69 Å². The molecule has 0 saturated carbocycles. The van der Waals surface area contributed by atoms with Gasteiger partial charge in [0.1, 0.15) is 10.7 Å². The molecule has 0 unspecified atom stereocenters. The Morgan fingerprint density at radius 2 is 2.20 bits per heavy atom. The number of anilines is 1. The zero-order valence-corrected chi connectivity index (χ0v) is 12.5. The first-order valence-corrected chi connectivity index (χ1v) is 7.13. The highest BCUT2D eigenvalue weighted by Gasteiger charge is 2.11. The number of methoxy groups -OCH3 is 1. The van der Waals surface area contributed by atoms with Gasteiger partial charge in [0.05, 0.1) is 20.3 Å². The number of nitrogens with one attached hydrogen (secondary N) is 1. The molecule has 3 N–H and O–H groups in total. The van der Waals surface area contributed by atoms with E-state index >= 15 is 0 Å². The van der Waals surface area contributed by atoms with E-state index in [9.17, 15) is 0 Å². The van der Waals surface area contributed by atoms with E-state index in [0.29, 0.717) is 4.99 Å². The maximum Gasteiger partial charge on any atom is 0.120 e. The number of rotatable bonds is 6. The van der Waals surface area contributed by atoms with Gasteiger partial charge in [-0.2, -0.15) is 0 Å². The molecule has 0 spiro atoms. The number of thiocarbonyl (C=S) groups is 1. The van der Waals surface area contributed by atoms with E-state index in [1.54, 1.807) is 7.11 Å². The highest BCUT2D eigenvalue weighted by Crippen LogP contribution is 2.22. The summed E-state index contributed by atoms with van der Waals surface area (Å²) in [6.07, 6.45) is 0. The Bertz CT molecular complexity index is 462.